The molecule has 3 aromatic carbocycles. The van der Waals surface area contributed by atoms with Crippen molar-refractivity contribution < 1.29 is 18.0 Å². The summed E-state index contributed by atoms with van der Waals surface area (Å²) in [6, 6.07) is 18.7. The third kappa shape index (κ3) is 6.39. The minimum absolute atomic E-state index is 0.00900. The molecule has 190 valence electrons. The van der Waals surface area contributed by atoms with E-state index in [1.165, 1.54) is 36.2 Å². The summed E-state index contributed by atoms with van der Waals surface area (Å²) in [5, 5.41) is 2.67. The van der Waals surface area contributed by atoms with Crippen LogP contribution in [0.15, 0.2) is 82.2 Å². The smallest absolute Gasteiger partial charge is 0.264 e. The van der Waals surface area contributed by atoms with Gasteiger partial charge in [-0.15, -0.1) is 0 Å². The first-order valence-corrected chi connectivity index (χ1v) is 13.8. The van der Waals surface area contributed by atoms with E-state index in [0.717, 1.165) is 14.3 Å². The quantitative estimate of drug-likeness (QED) is 0.364. The fourth-order valence-corrected chi connectivity index (χ4v) is 5.66. The summed E-state index contributed by atoms with van der Waals surface area (Å²) >= 11 is 15.9. The highest BCUT2D eigenvalue weighted by atomic mass is 79.9. The Kier molecular flexibility index (Phi) is 9.41. The molecule has 0 aliphatic carbocycles. The molecule has 0 heterocycles. The van der Waals surface area contributed by atoms with E-state index in [1.54, 1.807) is 31.2 Å². The van der Waals surface area contributed by atoms with Crippen molar-refractivity contribution in [2.45, 2.75) is 24.4 Å². The molecule has 1 N–H and O–H groups in total. The Labute approximate surface area is 229 Å². The lowest BCUT2D eigenvalue weighted by atomic mass is 10.1. The highest BCUT2D eigenvalue weighted by molar-refractivity contribution is 9.10. The summed E-state index contributed by atoms with van der Waals surface area (Å²) in [6.07, 6.45) is 0. The van der Waals surface area contributed by atoms with Gasteiger partial charge in [0.1, 0.15) is 12.6 Å². The highest BCUT2D eigenvalue weighted by Crippen LogP contribution is 2.35. The predicted molar refractivity (Wildman–Crippen MR) is 146 cm³/mol. The number of hydrogen-bond donors (Lipinski definition) is 1. The highest BCUT2D eigenvalue weighted by Gasteiger charge is 2.33. The average molecular weight is 613 g/mol. The van der Waals surface area contributed by atoms with Gasteiger partial charge >= 0.3 is 0 Å². The van der Waals surface area contributed by atoms with Crippen LogP contribution >= 0.6 is 39.1 Å². The van der Waals surface area contributed by atoms with Crippen LogP contribution in [-0.2, 0) is 26.2 Å². The van der Waals surface area contributed by atoms with Crippen LogP contribution in [0.1, 0.15) is 12.5 Å². The predicted octanol–water partition coefficient (Wildman–Crippen LogP) is 5.11. The average Bonchev–Trinajstić information content (AvgIpc) is 2.88. The monoisotopic (exact) mass is 611 g/mol. The second kappa shape index (κ2) is 12.1. The van der Waals surface area contributed by atoms with Crippen LogP contribution in [0.25, 0.3) is 0 Å². The zero-order valence-corrected chi connectivity index (χ0v) is 23.4. The normalized spacial score (nSPS) is 12.0. The van der Waals surface area contributed by atoms with Crippen molar-refractivity contribution in [2.24, 2.45) is 0 Å². The first-order chi connectivity index (χ1) is 17.1. The molecule has 1 atom stereocenters. The van der Waals surface area contributed by atoms with Crippen LogP contribution in [0, 0.1) is 0 Å². The van der Waals surface area contributed by atoms with E-state index in [9.17, 15) is 18.0 Å². The number of benzene rings is 3. The largest absolute Gasteiger partial charge is 0.357 e. The molecule has 3 rings (SSSR count). The fourth-order valence-electron chi connectivity index (χ4n) is 3.50. The summed E-state index contributed by atoms with van der Waals surface area (Å²) in [5.74, 6) is -0.983. The SMILES string of the molecule is CNC(=O)[C@H](C)N(Cc1ccc(Br)cc1)C(=O)CN(c1cccc(Cl)c1Cl)S(=O)(=O)c1ccccc1. The van der Waals surface area contributed by atoms with Crippen molar-refractivity contribution in [1.29, 1.82) is 0 Å². The number of nitrogens with zero attached hydrogens (tertiary/aromatic N) is 2. The van der Waals surface area contributed by atoms with E-state index in [4.69, 9.17) is 23.2 Å². The topological polar surface area (TPSA) is 86.8 Å². The number of carbonyl (C=O) groups is 2. The molecule has 0 saturated heterocycles. The molecule has 0 fully saturated rings. The van der Waals surface area contributed by atoms with E-state index >= 15 is 0 Å². The Morgan fingerprint density at radius 1 is 0.972 bits per heavy atom. The Hall–Kier alpha value is -2.59. The lowest BCUT2D eigenvalue weighted by Gasteiger charge is -2.32. The molecule has 36 heavy (non-hydrogen) atoms. The number of halogens is 3. The Bertz CT molecular complexity index is 1340. The van der Waals surface area contributed by atoms with E-state index < -0.39 is 34.4 Å². The number of sulfonamides is 1. The number of likely N-dealkylation sites (N-methyl/N-ethyl adjacent to an activating group) is 1. The molecule has 0 unspecified atom stereocenters. The van der Waals surface area contributed by atoms with Crippen molar-refractivity contribution in [3.63, 3.8) is 0 Å². The van der Waals surface area contributed by atoms with Gasteiger partial charge < -0.3 is 10.2 Å². The third-order valence-corrected chi connectivity index (χ3v) is 8.60. The molecule has 0 aliphatic heterocycles. The molecule has 11 heteroatoms. The minimum Gasteiger partial charge on any atom is -0.357 e. The number of carbonyl (C=O) groups excluding carboxylic acids is 2. The van der Waals surface area contributed by atoms with Crippen LogP contribution in [0.4, 0.5) is 5.69 Å². The summed E-state index contributed by atoms with van der Waals surface area (Å²) in [7, 11) is -2.74. The van der Waals surface area contributed by atoms with Crippen LogP contribution < -0.4 is 9.62 Å². The Balaban J connectivity index is 2.06. The van der Waals surface area contributed by atoms with Gasteiger partial charge in [-0.3, -0.25) is 13.9 Å². The summed E-state index contributed by atoms with van der Waals surface area (Å²) in [6.45, 7) is 1.07. The molecule has 3 aromatic rings. The molecule has 0 saturated carbocycles. The van der Waals surface area contributed by atoms with E-state index in [0.29, 0.717) is 0 Å². The zero-order valence-electron chi connectivity index (χ0n) is 19.5. The first kappa shape index (κ1) is 28.0. The standard InChI is InChI=1S/C25H24BrCl2N3O4S/c1-17(25(33)29-2)30(15-18-11-13-19(26)14-12-18)23(32)16-31(22-10-6-9-21(27)24(22)28)36(34,35)20-7-4-3-5-8-20/h3-14,17H,15-16H2,1-2H3,(H,29,33)/t17-/m0/s1. The van der Waals surface area contributed by atoms with Crippen molar-refractivity contribution in [2.75, 3.05) is 17.9 Å². The maximum atomic E-state index is 13.7. The number of anilines is 1. The Morgan fingerprint density at radius 3 is 2.22 bits per heavy atom. The van der Waals surface area contributed by atoms with Gasteiger partial charge in [0.25, 0.3) is 10.0 Å². The molecule has 0 radical (unpaired) electrons. The number of nitrogens with one attached hydrogen (secondary N) is 1. The molecule has 0 bridgehead atoms. The van der Waals surface area contributed by atoms with Gasteiger partial charge in [0.15, 0.2) is 0 Å². The summed E-state index contributed by atoms with van der Waals surface area (Å²) in [4.78, 5) is 27.5. The summed E-state index contributed by atoms with van der Waals surface area (Å²) in [5.41, 5.74) is 0.818. The Morgan fingerprint density at radius 2 is 1.61 bits per heavy atom. The second-order valence-electron chi connectivity index (χ2n) is 7.84. The number of rotatable bonds is 9. The van der Waals surface area contributed by atoms with Crippen LogP contribution in [0.2, 0.25) is 10.0 Å². The maximum Gasteiger partial charge on any atom is 0.264 e. The number of amides is 2. The van der Waals surface area contributed by atoms with Crippen LogP contribution in [0.5, 0.6) is 0 Å². The van der Waals surface area contributed by atoms with E-state index in [2.05, 4.69) is 21.2 Å². The minimum atomic E-state index is -4.22. The molecule has 0 aromatic heterocycles. The van der Waals surface area contributed by atoms with Gasteiger partial charge in [0.05, 0.1) is 20.6 Å². The maximum absolute atomic E-state index is 13.7. The fraction of sp³-hybridized carbons (Fsp3) is 0.200. The van der Waals surface area contributed by atoms with Crippen molar-refractivity contribution in [1.82, 2.24) is 10.2 Å². The first-order valence-electron chi connectivity index (χ1n) is 10.8. The molecule has 7 nitrogen and oxygen atoms in total. The molecule has 2 amide bonds. The van der Waals surface area contributed by atoms with E-state index in [-0.39, 0.29) is 27.2 Å². The van der Waals surface area contributed by atoms with Gasteiger partial charge in [-0.2, -0.15) is 0 Å². The van der Waals surface area contributed by atoms with Gasteiger partial charge in [-0.1, -0.05) is 75.5 Å². The molecular formula is C25H24BrCl2N3O4S. The van der Waals surface area contributed by atoms with Crippen molar-refractivity contribution >= 4 is 66.7 Å². The van der Waals surface area contributed by atoms with Crippen LogP contribution in [-0.4, -0.2) is 44.8 Å². The molecular weight excluding hydrogens is 589 g/mol. The van der Waals surface area contributed by atoms with Gasteiger partial charge in [-0.25, -0.2) is 8.42 Å². The number of hydrogen-bond acceptors (Lipinski definition) is 4. The lowest BCUT2D eigenvalue weighted by Crippen LogP contribution is -2.50. The van der Waals surface area contributed by atoms with Crippen molar-refractivity contribution in [3.8, 4) is 0 Å². The van der Waals surface area contributed by atoms with Gasteiger partial charge in [-0.05, 0) is 48.9 Å². The summed E-state index contributed by atoms with van der Waals surface area (Å²) < 4.78 is 29.1. The molecule has 0 spiro atoms. The van der Waals surface area contributed by atoms with Gasteiger partial charge in [0, 0.05) is 18.1 Å². The van der Waals surface area contributed by atoms with Crippen molar-refractivity contribution in [3.05, 3.63) is 92.9 Å². The second-order valence-corrected chi connectivity index (χ2v) is 11.4. The van der Waals surface area contributed by atoms with Crippen LogP contribution in [0.3, 0.4) is 0 Å². The third-order valence-electron chi connectivity index (χ3n) is 5.49. The molecule has 0 aliphatic rings. The zero-order chi connectivity index (χ0) is 26.5. The van der Waals surface area contributed by atoms with Gasteiger partial charge in [0.2, 0.25) is 11.8 Å². The van der Waals surface area contributed by atoms with E-state index in [1.807, 2.05) is 24.3 Å². The lowest BCUT2D eigenvalue weighted by molar-refractivity contribution is -0.139.